The van der Waals surface area contributed by atoms with Crippen LogP contribution in [0.2, 0.25) is 0 Å². The van der Waals surface area contributed by atoms with Crippen molar-refractivity contribution in [3.05, 3.63) is 53.5 Å². The quantitative estimate of drug-likeness (QED) is 0.809. The first-order chi connectivity index (χ1) is 13.1. The van der Waals surface area contributed by atoms with Crippen LogP contribution in [0.3, 0.4) is 0 Å². The Morgan fingerprint density at radius 3 is 2.81 bits per heavy atom. The van der Waals surface area contributed by atoms with Gasteiger partial charge >= 0.3 is 0 Å². The normalized spacial score (nSPS) is 23.3. The fourth-order valence-corrected chi connectivity index (χ4v) is 4.56. The fourth-order valence-electron chi connectivity index (χ4n) is 4.56. The molecule has 0 aliphatic carbocycles. The lowest BCUT2D eigenvalue weighted by atomic mass is 9.78. The largest absolute Gasteiger partial charge is 0.497 e. The van der Waals surface area contributed by atoms with Crippen LogP contribution < -0.4 is 4.74 Å². The highest BCUT2D eigenvalue weighted by Gasteiger charge is 2.48. The van der Waals surface area contributed by atoms with Crippen molar-refractivity contribution in [1.29, 1.82) is 0 Å². The van der Waals surface area contributed by atoms with Gasteiger partial charge in [0.2, 0.25) is 5.91 Å². The van der Waals surface area contributed by atoms with E-state index >= 15 is 0 Å². The molecule has 1 amide bonds. The Morgan fingerprint density at radius 1 is 1.15 bits per heavy atom. The third kappa shape index (κ3) is 3.74. The molecule has 2 aromatic rings. The predicted molar refractivity (Wildman–Crippen MR) is 103 cm³/mol. The number of benzene rings is 1. The maximum absolute atomic E-state index is 13.4. The van der Waals surface area contributed by atoms with Gasteiger partial charge in [0, 0.05) is 19.6 Å². The van der Waals surface area contributed by atoms with E-state index in [0.717, 1.165) is 68.3 Å². The molecule has 2 fully saturated rings. The number of carbonyl (C=O) groups is 1. The van der Waals surface area contributed by atoms with Gasteiger partial charge in [-0.15, -0.1) is 0 Å². The summed E-state index contributed by atoms with van der Waals surface area (Å²) in [5, 5.41) is 0. The number of furan rings is 1. The SMILES string of the molecule is COc1cccc(CN2CCC[C@]3(CCN(Cc4ccc(C)o4)C3)C2=O)c1. The Kier molecular flexibility index (Phi) is 4.96. The number of carbonyl (C=O) groups excluding carboxylic acids is 1. The molecular weight excluding hydrogens is 340 g/mol. The minimum absolute atomic E-state index is 0.223. The van der Waals surface area contributed by atoms with Crippen molar-refractivity contribution in [3.63, 3.8) is 0 Å². The number of hydrogen-bond acceptors (Lipinski definition) is 4. The van der Waals surface area contributed by atoms with Crippen molar-refractivity contribution >= 4 is 5.91 Å². The number of hydrogen-bond donors (Lipinski definition) is 0. The molecular formula is C22H28N2O3. The lowest BCUT2D eigenvalue weighted by molar-refractivity contribution is -0.146. The molecule has 27 heavy (non-hydrogen) atoms. The van der Waals surface area contributed by atoms with Crippen LogP contribution in [0.15, 0.2) is 40.8 Å². The topological polar surface area (TPSA) is 45.9 Å². The summed E-state index contributed by atoms with van der Waals surface area (Å²) in [5.74, 6) is 3.08. The molecule has 1 aromatic carbocycles. The summed E-state index contributed by atoms with van der Waals surface area (Å²) in [6.07, 6.45) is 3.01. The zero-order valence-corrected chi connectivity index (χ0v) is 16.2. The van der Waals surface area contributed by atoms with Crippen LogP contribution in [0, 0.1) is 12.3 Å². The average molecular weight is 368 g/mol. The summed E-state index contributed by atoms with van der Waals surface area (Å²) in [4.78, 5) is 17.8. The molecule has 5 heteroatoms. The van der Waals surface area contributed by atoms with Crippen molar-refractivity contribution in [2.75, 3.05) is 26.7 Å². The molecule has 3 heterocycles. The second-order valence-corrected chi connectivity index (χ2v) is 7.94. The molecule has 0 unspecified atom stereocenters. The summed E-state index contributed by atoms with van der Waals surface area (Å²) in [6.45, 7) is 6.05. The first kappa shape index (κ1) is 18.1. The van der Waals surface area contributed by atoms with Crippen LogP contribution in [0.25, 0.3) is 0 Å². The van der Waals surface area contributed by atoms with Gasteiger partial charge in [0.05, 0.1) is 19.1 Å². The summed E-state index contributed by atoms with van der Waals surface area (Å²) < 4.78 is 11.0. The molecule has 0 saturated carbocycles. The van der Waals surface area contributed by atoms with E-state index in [0.29, 0.717) is 12.5 Å². The van der Waals surface area contributed by atoms with Gasteiger partial charge in [0.15, 0.2) is 0 Å². The van der Waals surface area contributed by atoms with Gasteiger partial charge in [0.1, 0.15) is 17.3 Å². The Morgan fingerprint density at radius 2 is 2.04 bits per heavy atom. The molecule has 4 rings (SSSR count). The maximum atomic E-state index is 13.4. The summed E-state index contributed by atoms with van der Waals surface area (Å²) in [7, 11) is 1.67. The second kappa shape index (κ2) is 7.39. The van der Waals surface area contributed by atoms with Crippen molar-refractivity contribution < 1.29 is 13.9 Å². The summed E-state index contributed by atoms with van der Waals surface area (Å²) >= 11 is 0. The zero-order chi connectivity index (χ0) is 18.9. The number of piperidine rings is 1. The van der Waals surface area contributed by atoms with Gasteiger partial charge in [-0.25, -0.2) is 0 Å². The van der Waals surface area contributed by atoms with E-state index in [1.54, 1.807) is 7.11 Å². The van der Waals surface area contributed by atoms with Crippen LogP contribution >= 0.6 is 0 Å². The minimum atomic E-state index is -0.223. The number of amides is 1. The van der Waals surface area contributed by atoms with Crippen LogP contribution in [-0.4, -0.2) is 42.5 Å². The standard InChI is InChI=1S/C22H28N2O3/c1-17-7-8-20(27-17)15-23-12-10-22(16-23)9-4-11-24(21(22)25)14-18-5-3-6-19(13-18)26-2/h3,5-8,13H,4,9-12,14-16H2,1-2H3/t22-/m1/s1. The number of methoxy groups -OCH3 is 1. The Labute approximate surface area is 160 Å². The predicted octanol–water partition coefficient (Wildman–Crippen LogP) is 3.61. The van der Waals surface area contributed by atoms with E-state index in [1.165, 1.54) is 0 Å². The number of aryl methyl sites for hydroxylation is 1. The van der Waals surface area contributed by atoms with Gasteiger partial charge in [-0.05, 0) is 62.6 Å². The van der Waals surface area contributed by atoms with Crippen molar-refractivity contribution in [3.8, 4) is 5.75 Å². The number of rotatable bonds is 5. The molecule has 0 N–H and O–H groups in total. The van der Waals surface area contributed by atoms with E-state index in [4.69, 9.17) is 9.15 Å². The first-order valence-corrected chi connectivity index (χ1v) is 9.78. The molecule has 1 spiro atoms. The second-order valence-electron chi connectivity index (χ2n) is 7.94. The monoisotopic (exact) mass is 368 g/mol. The van der Waals surface area contributed by atoms with Gasteiger partial charge in [-0.3, -0.25) is 9.69 Å². The van der Waals surface area contributed by atoms with Crippen LogP contribution in [-0.2, 0) is 17.9 Å². The van der Waals surface area contributed by atoms with Crippen molar-refractivity contribution in [2.24, 2.45) is 5.41 Å². The summed E-state index contributed by atoms with van der Waals surface area (Å²) in [6, 6.07) is 12.1. The maximum Gasteiger partial charge on any atom is 0.230 e. The van der Waals surface area contributed by atoms with E-state index in [1.807, 2.05) is 42.2 Å². The lowest BCUT2D eigenvalue weighted by Crippen LogP contribution is -2.49. The van der Waals surface area contributed by atoms with Crippen LogP contribution in [0.5, 0.6) is 5.75 Å². The highest BCUT2D eigenvalue weighted by atomic mass is 16.5. The molecule has 0 radical (unpaired) electrons. The Bertz CT molecular complexity index is 815. The van der Waals surface area contributed by atoms with Crippen molar-refractivity contribution in [1.82, 2.24) is 9.80 Å². The molecule has 5 nitrogen and oxygen atoms in total. The summed E-state index contributed by atoms with van der Waals surface area (Å²) in [5.41, 5.74) is 0.902. The molecule has 2 saturated heterocycles. The first-order valence-electron chi connectivity index (χ1n) is 9.78. The average Bonchev–Trinajstić information content (AvgIpc) is 3.26. The highest BCUT2D eigenvalue weighted by Crippen LogP contribution is 2.41. The molecule has 0 bridgehead atoms. The van der Waals surface area contributed by atoms with Crippen LogP contribution in [0.1, 0.15) is 36.3 Å². The van der Waals surface area contributed by atoms with Gasteiger partial charge in [-0.2, -0.15) is 0 Å². The molecule has 1 atom stereocenters. The van der Waals surface area contributed by atoms with E-state index in [2.05, 4.69) is 11.0 Å². The molecule has 144 valence electrons. The van der Waals surface area contributed by atoms with Crippen molar-refractivity contribution in [2.45, 2.75) is 39.3 Å². The Hall–Kier alpha value is -2.27. The zero-order valence-electron chi connectivity index (χ0n) is 16.2. The van der Waals surface area contributed by atoms with Gasteiger partial charge in [0.25, 0.3) is 0 Å². The number of ether oxygens (including phenoxy) is 1. The molecule has 2 aliphatic heterocycles. The van der Waals surface area contributed by atoms with Gasteiger partial charge in [-0.1, -0.05) is 12.1 Å². The van der Waals surface area contributed by atoms with Gasteiger partial charge < -0.3 is 14.1 Å². The molecule has 2 aliphatic rings. The number of likely N-dealkylation sites (tertiary alicyclic amines) is 2. The fraction of sp³-hybridized carbons (Fsp3) is 0.500. The minimum Gasteiger partial charge on any atom is -0.497 e. The van der Waals surface area contributed by atoms with E-state index < -0.39 is 0 Å². The highest BCUT2D eigenvalue weighted by molar-refractivity contribution is 5.84. The third-order valence-electron chi connectivity index (χ3n) is 5.94. The molecule has 1 aromatic heterocycles. The van der Waals surface area contributed by atoms with E-state index in [-0.39, 0.29) is 5.41 Å². The third-order valence-corrected chi connectivity index (χ3v) is 5.94. The van der Waals surface area contributed by atoms with Crippen LogP contribution in [0.4, 0.5) is 0 Å². The smallest absolute Gasteiger partial charge is 0.230 e. The number of nitrogens with zero attached hydrogens (tertiary/aromatic N) is 2. The lowest BCUT2D eigenvalue weighted by Gasteiger charge is -2.39. The Balaban J connectivity index is 1.43. The van der Waals surface area contributed by atoms with E-state index in [9.17, 15) is 4.79 Å².